The quantitative estimate of drug-likeness (QED) is 0.470. The first-order valence-corrected chi connectivity index (χ1v) is 11.1. The van der Waals surface area contributed by atoms with Crippen LogP contribution in [-0.2, 0) is 32.3 Å². The van der Waals surface area contributed by atoms with Crippen molar-refractivity contribution in [1.82, 2.24) is 20.3 Å². The van der Waals surface area contributed by atoms with Gasteiger partial charge in [0.1, 0.15) is 0 Å². The third kappa shape index (κ3) is 8.09. The fourth-order valence-corrected chi connectivity index (χ4v) is 3.75. The lowest BCUT2D eigenvalue weighted by molar-refractivity contribution is -0.137. The highest BCUT2D eigenvalue weighted by atomic mass is 35.5. The van der Waals surface area contributed by atoms with Crippen molar-refractivity contribution in [2.24, 2.45) is 0 Å². The highest BCUT2D eigenvalue weighted by Gasteiger charge is 2.34. The number of amides is 2. The van der Waals surface area contributed by atoms with E-state index in [0.29, 0.717) is 12.6 Å². The Bertz CT molecular complexity index is 1050. The predicted octanol–water partition coefficient (Wildman–Crippen LogP) is 2.24. The molecule has 0 bridgehead atoms. The zero-order valence-electron chi connectivity index (χ0n) is 16.6. The number of halogens is 4. The zero-order valence-corrected chi connectivity index (χ0v) is 18.1. The number of hydrogen-bond donors (Lipinski definition) is 3. The van der Waals surface area contributed by atoms with Crippen LogP contribution < -0.4 is 15.4 Å². The summed E-state index contributed by atoms with van der Waals surface area (Å²) >= 11 is 5.48. The Hall–Kier alpha value is -2.70. The lowest BCUT2D eigenvalue weighted by Crippen LogP contribution is -2.33. The summed E-state index contributed by atoms with van der Waals surface area (Å²) in [6.45, 7) is 0.0180. The van der Waals surface area contributed by atoms with Gasteiger partial charge < -0.3 is 10.6 Å². The molecular weight excluding hydrogens is 473 g/mol. The summed E-state index contributed by atoms with van der Waals surface area (Å²) in [6.07, 6.45) is -1.87. The first-order chi connectivity index (χ1) is 15.0. The van der Waals surface area contributed by atoms with E-state index in [2.05, 4.69) is 20.3 Å². The summed E-state index contributed by atoms with van der Waals surface area (Å²) in [5.41, 5.74) is -0.408. The summed E-state index contributed by atoms with van der Waals surface area (Å²) in [5, 5.41) is 4.51. The van der Waals surface area contributed by atoms with Crippen molar-refractivity contribution >= 4 is 33.4 Å². The molecule has 0 atom stereocenters. The number of nitrogens with one attached hydrogen (secondary N) is 3. The Morgan fingerprint density at radius 2 is 1.59 bits per heavy atom. The normalized spacial score (nSPS) is 11.8. The van der Waals surface area contributed by atoms with Gasteiger partial charge in [-0.2, -0.15) is 13.2 Å². The predicted molar refractivity (Wildman–Crippen MR) is 110 cm³/mol. The summed E-state index contributed by atoms with van der Waals surface area (Å²) < 4.78 is 65.1. The van der Waals surface area contributed by atoms with E-state index in [4.69, 9.17) is 11.6 Å². The van der Waals surface area contributed by atoms with Gasteiger partial charge in [-0.05, 0) is 35.9 Å². The summed E-state index contributed by atoms with van der Waals surface area (Å²) in [6, 6.07) is 5.69. The molecule has 0 spiro atoms. The van der Waals surface area contributed by atoms with E-state index >= 15 is 0 Å². The van der Waals surface area contributed by atoms with Gasteiger partial charge in [-0.25, -0.2) is 13.1 Å². The second-order valence-corrected chi connectivity index (χ2v) is 8.69. The van der Waals surface area contributed by atoms with E-state index in [9.17, 15) is 31.2 Å². The molecule has 32 heavy (non-hydrogen) atoms. The molecule has 0 saturated heterocycles. The van der Waals surface area contributed by atoms with Gasteiger partial charge in [0.25, 0.3) is 0 Å². The van der Waals surface area contributed by atoms with Crippen LogP contribution in [0, 0.1) is 0 Å². The largest absolute Gasteiger partial charge is 0.417 e. The molecule has 2 rings (SSSR count). The van der Waals surface area contributed by atoms with Crippen LogP contribution in [0.2, 0.25) is 5.02 Å². The van der Waals surface area contributed by atoms with Crippen molar-refractivity contribution in [2.45, 2.75) is 30.5 Å². The number of alkyl halides is 3. The van der Waals surface area contributed by atoms with Gasteiger partial charge in [-0.3, -0.25) is 14.6 Å². The van der Waals surface area contributed by atoms with Gasteiger partial charge in [-0.1, -0.05) is 11.6 Å². The van der Waals surface area contributed by atoms with E-state index in [1.54, 1.807) is 24.5 Å². The first-order valence-electron chi connectivity index (χ1n) is 9.28. The number of aromatic nitrogens is 1. The molecule has 0 aliphatic carbocycles. The summed E-state index contributed by atoms with van der Waals surface area (Å²) in [4.78, 5) is 26.8. The highest BCUT2D eigenvalue weighted by Crippen LogP contribution is 2.35. The van der Waals surface area contributed by atoms with Crippen LogP contribution in [0.1, 0.15) is 24.0 Å². The van der Waals surface area contributed by atoms with Crippen LogP contribution in [0.3, 0.4) is 0 Å². The Morgan fingerprint density at radius 1 is 0.969 bits per heavy atom. The van der Waals surface area contributed by atoms with Crippen molar-refractivity contribution in [3.63, 3.8) is 0 Å². The van der Waals surface area contributed by atoms with Gasteiger partial charge >= 0.3 is 6.18 Å². The summed E-state index contributed by atoms with van der Waals surface area (Å²) in [7, 11) is -4.28. The Balaban J connectivity index is 1.73. The Morgan fingerprint density at radius 3 is 2.25 bits per heavy atom. The molecule has 8 nitrogen and oxygen atoms in total. The van der Waals surface area contributed by atoms with E-state index in [1.807, 2.05) is 0 Å². The van der Waals surface area contributed by atoms with Crippen LogP contribution in [0.4, 0.5) is 13.2 Å². The molecule has 1 aromatic heterocycles. The van der Waals surface area contributed by atoms with Crippen molar-refractivity contribution < 1.29 is 31.2 Å². The fourth-order valence-electron chi connectivity index (χ4n) is 2.46. The fraction of sp³-hybridized carbons (Fsp3) is 0.316. The molecule has 1 heterocycles. The Kier molecular flexibility index (Phi) is 8.99. The van der Waals surface area contributed by atoms with E-state index in [-0.39, 0.29) is 31.8 Å². The van der Waals surface area contributed by atoms with E-state index in [0.717, 1.165) is 17.7 Å². The number of carbonyl (C=O) groups is 2. The van der Waals surface area contributed by atoms with E-state index in [1.165, 1.54) is 0 Å². The average molecular weight is 493 g/mol. The molecule has 3 N–H and O–H groups in total. The van der Waals surface area contributed by atoms with Crippen LogP contribution >= 0.6 is 11.6 Å². The Labute approximate surface area is 187 Å². The topological polar surface area (TPSA) is 117 Å². The van der Waals surface area contributed by atoms with Crippen LogP contribution in [0.15, 0.2) is 47.6 Å². The number of nitrogens with zero attached hydrogens (tertiary/aromatic N) is 1. The number of rotatable bonds is 10. The van der Waals surface area contributed by atoms with Gasteiger partial charge in [0.05, 0.1) is 15.5 Å². The molecule has 0 unspecified atom stereocenters. The first kappa shape index (κ1) is 25.6. The van der Waals surface area contributed by atoms with Crippen molar-refractivity contribution in [2.75, 3.05) is 13.1 Å². The second-order valence-electron chi connectivity index (χ2n) is 6.52. The zero-order chi connectivity index (χ0) is 23.8. The standard InChI is InChI=1S/C19H20ClF3N4O4S/c20-16-2-1-14(11-15(16)19(21,22)23)32(30,31)27-10-6-17(28)25-9-5-18(29)26-12-13-3-7-24-8-4-13/h1-4,7-8,11,27H,5-6,9-10,12H2,(H,25,28)(H,26,29). The van der Waals surface area contributed by atoms with Crippen molar-refractivity contribution in [3.05, 3.63) is 58.9 Å². The third-order valence-corrected chi connectivity index (χ3v) is 5.90. The minimum absolute atomic E-state index is 0.0214. The number of hydrogen-bond acceptors (Lipinski definition) is 5. The van der Waals surface area contributed by atoms with Gasteiger partial charge in [0, 0.05) is 44.9 Å². The SMILES string of the molecule is O=C(CCNS(=O)(=O)c1ccc(Cl)c(C(F)(F)F)c1)NCCC(=O)NCc1ccncc1. The van der Waals surface area contributed by atoms with Crippen LogP contribution in [0.5, 0.6) is 0 Å². The molecule has 2 aromatic rings. The van der Waals surface area contributed by atoms with Gasteiger partial charge in [0.15, 0.2) is 0 Å². The van der Waals surface area contributed by atoms with Crippen LogP contribution in [-0.4, -0.2) is 38.3 Å². The maximum Gasteiger partial charge on any atom is 0.417 e. The van der Waals surface area contributed by atoms with Gasteiger partial charge in [0.2, 0.25) is 21.8 Å². The van der Waals surface area contributed by atoms with Gasteiger partial charge in [-0.15, -0.1) is 0 Å². The maximum absolute atomic E-state index is 12.9. The molecule has 0 fully saturated rings. The lowest BCUT2D eigenvalue weighted by Gasteiger charge is -2.12. The van der Waals surface area contributed by atoms with E-state index < -0.39 is 37.6 Å². The number of pyridine rings is 1. The smallest absolute Gasteiger partial charge is 0.356 e. The molecule has 2 amide bonds. The third-order valence-electron chi connectivity index (χ3n) is 4.11. The van der Waals surface area contributed by atoms with Crippen molar-refractivity contribution in [3.8, 4) is 0 Å². The highest BCUT2D eigenvalue weighted by molar-refractivity contribution is 7.89. The second kappa shape index (κ2) is 11.2. The lowest BCUT2D eigenvalue weighted by atomic mass is 10.2. The monoisotopic (exact) mass is 492 g/mol. The number of carbonyl (C=O) groups excluding carboxylic acids is 2. The molecule has 0 aliphatic heterocycles. The summed E-state index contributed by atoms with van der Waals surface area (Å²) in [5.74, 6) is -0.812. The average Bonchev–Trinajstić information content (AvgIpc) is 2.72. The molecule has 174 valence electrons. The molecule has 0 aliphatic rings. The molecule has 13 heteroatoms. The molecule has 0 radical (unpaired) electrons. The van der Waals surface area contributed by atoms with Crippen molar-refractivity contribution in [1.29, 1.82) is 0 Å². The molecule has 0 saturated carbocycles. The molecular formula is C19H20ClF3N4O4S. The van der Waals surface area contributed by atoms with Crippen LogP contribution in [0.25, 0.3) is 0 Å². The number of sulfonamides is 1. The minimum Gasteiger partial charge on any atom is -0.356 e. The maximum atomic E-state index is 12.9. The minimum atomic E-state index is -4.81. The number of benzene rings is 1. The molecule has 1 aromatic carbocycles.